The van der Waals surface area contributed by atoms with Crippen molar-refractivity contribution in [2.24, 2.45) is 0 Å². The summed E-state index contributed by atoms with van der Waals surface area (Å²) in [5.41, 5.74) is -1.28. The van der Waals surface area contributed by atoms with Crippen molar-refractivity contribution in [1.82, 2.24) is 4.98 Å². The first-order valence-electron chi connectivity index (χ1n) is 7.79. The van der Waals surface area contributed by atoms with E-state index in [1.54, 1.807) is 0 Å². The van der Waals surface area contributed by atoms with Gasteiger partial charge in [-0.25, -0.2) is 0 Å². The summed E-state index contributed by atoms with van der Waals surface area (Å²) < 4.78 is 74.7. The summed E-state index contributed by atoms with van der Waals surface area (Å²) >= 11 is 3.00. The van der Waals surface area contributed by atoms with Gasteiger partial charge >= 0.3 is 0 Å². The molecule has 0 radical (unpaired) electrons. The second-order valence-electron chi connectivity index (χ2n) is 1.80. The number of hydrogen-bond donors (Lipinski definition) is 0. The van der Waals surface area contributed by atoms with E-state index >= 15 is 0 Å². The molecular formula is C9H12BrN. The quantitative estimate of drug-likeness (QED) is 0.752. The molecule has 1 nitrogen and oxygen atoms in total. The van der Waals surface area contributed by atoms with Crippen LogP contribution >= 0.6 is 15.9 Å². The number of aromatic nitrogens is 1. The van der Waals surface area contributed by atoms with Crippen LogP contribution in [0.3, 0.4) is 0 Å². The van der Waals surface area contributed by atoms with Crippen molar-refractivity contribution in [3.05, 3.63) is 28.0 Å². The van der Waals surface area contributed by atoms with Crippen molar-refractivity contribution in [1.29, 1.82) is 0 Å². The number of halogens is 1. The Balaban J connectivity index is 3.62. The molecule has 0 saturated heterocycles. The van der Waals surface area contributed by atoms with Gasteiger partial charge in [-0.15, -0.1) is 0 Å². The van der Waals surface area contributed by atoms with Crippen molar-refractivity contribution in [3.63, 3.8) is 0 Å². The highest BCUT2D eigenvalue weighted by Gasteiger charge is 1.98. The van der Waals surface area contributed by atoms with Gasteiger partial charge in [0.1, 0.15) is 0 Å². The lowest BCUT2D eigenvalue weighted by Gasteiger charge is -2.02. The van der Waals surface area contributed by atoms with E-state index in [2.05, 4.69) is 20.9 Å². The molecule has 0 aliphatic rings. The number of hydrogen-bond acceptors (Lipinski definition) is 1. The zero-order valence-electron chi connectivity index (χ0n) is 15.5. The smallest absolute Gasteiger partial charge is 0.0413 e. The van der Waals surface area contributed by atoms with Crippen LogP contribution in [0.15, 0.2) is 16.7 Å². The van der Waals surface area contributed by atoms with Gasteiger partial charge in [-0.2, -0.15) is 0 Å². The van der Waals surface area contributed by atoms with Gasteiger partial charge in [0.25, 0.3) is 0 Å². The molecule has 0 spiro atoms. The van der Waals surface area contributed by atoms with Crippen LogP contribution in [0, 0.1) is 6.85 Å². The molecule has 0 unspecified atom stereocenters. The number of aryl methyl sites for hydroxylation is 2. The molecule has 1 rings (SSSR count). The Hall–Kier alpha value is -0.370. The Bertz CT molecular complexity index is 532. The Kier molecular flexibility index (Phi) is 0.813. The zero-order valence-corrected chi connectivity index (χ0v) is 7.07. The lowest BCUT2D eigenvalue weighted by molar-refractivity contribution is 0.897. The fourth-order valence-corrected chi connectivity index (χ4v) is 0.933. The summed E-state index contributed by atoms with van der Waals surface area (Å²) in [4.78, 5) is 3.61. The SMILES string of the molecule is [2H]C([2H])([2H])c1ncc(Br)cc1C([2H])([2H])C([2H])([2H])C([2H])([2H])[2H]. The number of rotatable bonds is 2. The third-order valence-electron chi connectivity index (χ3n) is 1.05. The van der Waals surface area contributed by atoms with Gasteiger partial charge in [-0.1, -0.05) is 13.2 Å². The van der Waals surface area contributed by atoms with Crippen molar-refractivity contribution in [3.8, 4) is 0 Å². The summed E-state index contributed by atoms with van der Waals surface area (Å²) in [6.07, 6.45) is -5.23. The fraction of sp³-hybridized carbons (Fsp3) is 0.444. The van der Waals surface area contributed by atoms with Crippen LogP contribution in [0.4, 0.5) is 0 Å². The molecule has 0 aliphatic heterocycles. The van der Waals surface area contributed by atoms with Crippen molar-refractivity contribution < 1.29 is 13.7 Å². The Morgan fingerprint density at radius 2 is 2.73 bits per heavy atom. The maximum atomic E-state index is 7.86. The third-order valence-corrected chi connectivity index (χ3v) is 1.49. The predicted octanol–water partition coefficient (Wildman–Crippen LogP) is 3.11. The average molecular weight is 224 g/mol. The molecule has 0 fully saturated rings. The Labute approximate surface area is 90.0 Å². The largest absolute Gasteiger partial charge is 0.260 e. The van der Waals surface area contributed by atoms with Crippen molar-refractivity contribution in [2.45, 2.75) is 26.4 Å². The molecule has 0 bridgehead atoms. The van der Waals surface area contributed by atoms with Gasteiger partial charge in [0.2, 0.25) is 0 Å². The average Bonchev–Trinajstić information content (AvgIpc) is 2.25. The van der Waals surface area contributed by atoms with E-state index in [9.17, 15) is 0 Å². The highest BCUT2D eigenvalue weighted by molar-refractivity contribution is 9.10. The molecule has 11 heavy (non-hydrogen) atoms. The first kappa shape index (κ1) is 2.32. The van der Waals surface area contributed by atoms with Crippen LogP contribution in [0.25, 0.3) is 0 Å². The third kappa shape index (κ3) is 2.29. The highest BCUT2D eigenvalue weighted by Crippen LogP contribution is 2.14. The zero-order chi connectivity index (χ0) is 16.9. The molecule has 0 aromatic carbocycles. The fourth-order valence-electron chi connectivity index (χ4n) is 0.602. The van der Waals surface area contributed by atoms with Crippen molar-refractivity contribution >= 4 is 15.9 Å². The molecule has 0 amide bonds. The maximum Gasteiger partial charge on any atom is 0.0413 e. The molecule has 2 heteroatoms. The first-order chi connectivity index (χ1) is 9.12. The molecular weight excluding hydrogens is 202 g/mol. The van der Waals surface area contributed by atoms with Gasteiger partial charge < -0.3 is 0 Å². The minimum atomic E-state index is -3.29. The normalized spacial score (nSPS) is 28.5. The molecule has 60 valence electrons. The van der Waals surface area contributed by atoms with Crippen LogP contribution in [-0.2, 0) is 6.37 Å². The van der Waals surface area contributed by atoms with Crippen LogP contribution in [0.2, 0.25) is 0 Å². The lowest BCUT2D eigenvalue weighted by Crippen LogP contribution is -1.91. The van der Waals surface area contributed by atoms with E-state index < -0.39 is 37.7 Å². The van der Waals surface area contributed by atoms with E-state index in [1.165, 1.54) is 0 Å². The molecule has 1 aromatic rings. The Morgan fingerprint density at radius 1 is 1.82 bits per heavy atom. The Morgan fingerprint density at radius 3 is 3.45 bits per heavy atom. The number of pyridine rings is 1. The van der Waals surface area contributed by atoms with Gasteiger partial charge in [0, 0.05) is 30.1 Å². The number of nitrogens with zero attached hydrogens (tertiary/aromatic N) is 1. The van der Waals surface area contributed by atoms with Crippen LogP contribution in [0.1, 0.15) is 38.2 Å². The monoisotopic (exact) mass is 223 g/mol. The molecule has 0 atom stereocenters. The summed E-state index contributed by atoms with van der Waals surface area (Å²) in [5.74, 6) is 0. The van der Waals surface area contributed by atoms with Gasteiger partial charge in [0.15, 0.2) is 0 Å². The topological polar surface area (TPSA) is 12.9 Å². The van der Waals surface area contributed by atoms with Crippen molar-refractivity contribution in [2.75, 3.05) is 0 Å². The van der Waals surface area contributed by atoms with E-state index in [4.69, 9.17) is 13.7 Å². The second-order valence-corrected chi connectivity index (χ2v) is 2.72. The second kappa shape index (κ2) is 3.86. The maximum absolute atomic E-state index is 7.86. The minimum Gasteiger partial charge on any atom is -0.260 e. The van der Waals surface area contributed by atoms with E-state index in [0.717, 1.165) is 12.3 Å². The van der Waals surface area contributed by atoms with Gasteiger partial charge in [-0.05, 0) is 40.8 Å². The molecule has 1 aromatic heterocycles. The van der Waals surface area contributed by atoms with Gasteiger partial charge in [-0.3, -0.25) is 4.98 Å². The minimum absolute atomic E-state index is 0.218. The van der Waals surface area contributed by atoms with Gasteiger partial charge in [0.05, 0.1) is 0 Å². The summed E-state index contributed by atoms with van der Waals surface area (Å²) in [7, 11) is 0. The summed E-state index contributed by atoms with van der Waals surface area (Å²) in [6.45, 7) is -6.07. The first-order valence-corrected chi connectivity index (χ1v) is 3.58. The van der Waals surface area contributed by atoms with E-state index in [1.807, 2.05) is 0 Å². The molecule has 0 saturated carbocycles. The molecule has 1 heterocycles. The van der Waals surface area contributed by atoms with Crippen LogP contribution in [-0.4, -0.2) is 4.98 Å². The molecule has 0 N–H and O–H groups in total. The van der Waals surface area contributed by atoms with E-state index in [0.29, 0.717) is 0 Å². The summed E-state index contributed by atoms with van der Waals surface area (Å²) in [6, 6.07) is 1.04. The lowest BCUT2D eigenvalue weighted by atomic mass is 10.1. The standard InChI is InChI=1S/C9H12BrN/c1-3-4-8-5-9(10)6-11-7(8)2/h5-6H,3-4H2,1-2H3/i1D3,2D3,3D2,4D2. The highest BCUT2D eigenvalue weighted by atomic mass is 79.9. The van der Waals surface area contributed by atoms with E-state index in [-0.39, 0.29) is 4.47 Å². The molecule has 0 aliphatic carbocycles. The van der Waals surface area contributed by atoms with Crippen LogP contribution < -0.4 is 0 Å². The van der Waals surface area contributed by atoms with Crippen LogP contribution in [0.5, 0.6) is 0 Å². The summed E-state index contributed by atoms with van der Waals surface area (Å²) in [5, 5.41) is 0. The predicted molar refractivity (Wildman–Crippen MR) is 50.7 cm³/mol.